The maximum absolute atomic E-state index is 6.36. The van der Waals surface area contributed by atoms with Gasteiger partial charge in [-0.15, -0.1) is 0 Å². The zero-order valence-electron chi connectivity index (χ0n) is 10.4. The van der Waals surface area contributed by atoms with Gasteiger partial charge < -0.3 is 11.5 Å². The van der Waals surface area contributed by atoms with Gasteiger partial charge in [0.25, 0.3) is 0 Å². The number of hydrogen-bond acceptors (Lipinski definition) is 2. The molecule has 1 saturated carbocycles. The van der Waals surface area contributed by atoms with E-state index in [1.54, 1.807) is 5.56 Å². The molecule has 2 aliphatic rings. The fraction of sp³-hybridized carbons (Fsp3) is 0.600. The van der Waals surface area contributed by atoms with Crippen LogP contribution in [0.5, 0.6) is 0 Å². The third-order valence-electron chi connectivity index (χ3n) is 4.84. The maximum atomic E-state index is 6.36. The third kappa shape index (κ3) is 2.00. The summed E-state index contributed by atoms with van der Waals surface area (Å²) in [6.07, 6.45) is 5.93. The van der Waals surface area contributed by atoms with Crippen LogP contribution in [0.25, 0.3) is 0 Å². The van der Waals surface area contributed by atoms with Crippen molar-refractivity contribution in [3.63, 3.8) is 0 Å². The molecule has 1 unspecified atom stereocenters. The first-order chi connectivity index (χ1) is 8.20. The summed E-state index contributed by atoms with van der Waals surface area (Å²) in [6, 6.07) is 8.88. The molecule has 0 aliphatic heterocycles. The van der Waals surface area contributed by atoms with Crippen LogP contribution < -0.4 is 11.5 Å². The molecule has 1 aromatic carbocycles. The molecule has 3 atom stereocenters. The smallest absolute Gasteiger partial charge is 0.0281 e. The lowest BCUT2D eigenvalue weighted by Crippen LogP contribution is -2.53. The third-order valence-corrected chi connectivity index (χ3v) is 4.84. The van der Waals surface area contributed by atoms with Crippen molar-refractivity contribution in [2.45, 2.75) is 37.6 Å². The molecular formula is C15H22N2. The Morgan fingerprint density at radius 3 is 2.41 bits per heavy atom. The number of rotatable bonds is 1. The van der Waals surface area contributed by atoms with E-state index in [1.807, 2.05) is 0 Å². The van der Waals surface area contributed by atoms with Gasteiger partial charge in [-0.25, -0.2) is 0 Å². The van der Waals surface area contributed by atoms with E-state index in [2.05, 4.69) is 24.3 Å². The SMILES string of the molecule is NC[C@@]1(N)CC[C@H]2Cc3ccccc3CC2C1. The Balaban J connectivity index is 1.83. The molecule has 92 valence electrons. The predicted octanol–water partition coefficient (Wildman–Crippen LogP) is 1.86. The average molecular weight is 230 g/mol. The normalized spacial score (nSPS) is 36.1. The molecule has 3 rings (SSSR count). The summed E-state index contributed by atoms with van der Waals surface area (Å²) >= 11 is 0. The summed E-state index contributed by atoms with van der Waals surface area (Å²) in [7, 11) is 0. The van der Waals surface area contributed by atoms with Gasteiger partial charge in [0.2, 0.25) is 0 Å². The first kappa shape index (κ1) is 11.2. The minimum atomic E-state index is -0.0898. The Kier molecular flexibility index (Phi) is 2.72. The molecular weight excluding hydrogens is 208 g/mol. The van der Waals surface area contributed by atoms with Gasteiger partial charge in [-0.2, -0.15) is 0 Å². The Hall–Kier alpha value is -0.860. The van der Waals surface area contributed by atoms with Crippen molar-refractivity contribution in [3.8, 4) is 0 Å². The van der Waals surface area contributed by atoms with E-state index in [9.17, 15) is 0 Å². The van der Waals surface area contributed by atoms with Crippen molar-refractivity contribution in [2.24, 2.45) is 23.3 Å². The summed E-state index contributed by atoms with van der Waals surface area (Å²) < 4.78 is 0. The van der Waals surface area contributed by atoms with Crippen molar-refractivity contribution >= 4 is 0 Å². The number of nitrogens with two attached hydrogens (primary N) is 2. The molecule has 1 fully saturated rings. The molecule has 2 aliphatic carbocycles. The molecule has 0 saturated heterocycles. The van der Waals surface area contributed by atoms with E-state index < -0.39 is 0 Å². The first-order valence-electron chi connectivity index (χ1n) is 6.76. The van der Waals surface area contributed by atoms with Crippen LogP contribution in [-0.4, -0.2) is 12.1 Å². The topological polar surface area (TPSA) is 52.0 Å². The minimum absolute atomic E-state index is 0.0898. The van der Waals surface area contributed by atoms with E-state index in [0.717, 1.165) is 24.7 Å². The van der Waals surface area contributed by atoms with Crippen molar-refractivity contribution < 1.29 is 0 Å². The van der Waals surface area contributed by atoms with Crippen LogP contribution in [0, 0.1) is 11.8 Å². The highest BCUT2D eigenvalue weighted by molar-refractivity contribution is 5.31. The predicted molar refractivity (Wildman–Crippen MR) is 70.7 cm³/mol. The zero-order valence-corrected chi connectivity index (χ0v) is 10.4. The summed E-state index contributed by atoms with van der Waals surface area (Å²) in [5.41, 5.74) is 15.2. The maximum Gasteiger partial charge on any atom is 0.0281 e. The van der Waals surface area contributed by atoms with Gasteiger partial charge in [0.15, 0.2) is 0 Å². The lowest BCUT2D eigenvalue weighted by atomic mass is 9.64. The van der Waals surface area contributed by atoms with Gasteiger partial charge in [0.1, 0.15) is 0 Å². The largest absolute Gasteiger partial charge is 0.329 e. The standard InChI is InChI=1S/C15H22N2/c16-10-15(17)6-5-13-7-11-3-1-2-4-12(11)8-14(13)9-15/h1-4,13-14H,5-10,16-17H2/t13-,14?,15+/m0/s1. The molecule has 2 nitrogen and oxygen atoms in total. The van der Waals surface area contributed by atoms with Crippen LogP contribution in [0.3, 0.4) is 0 Å². The van der Waals surface area contributed by atoms with E-state index in [1.165, 1.54) is 24.8 Å². The van der Waals surface area contributed by atoms with Crippen LogP contribution >= 0.6 is 0 Å². The van der Waals surface area contributed by atoms with E-state index in [4.69, 9.17) is 11.5 Å². The molecule has 0 spiro atoms. The highest BCUT2D eigenvalue weighted by Crippen LogP contribution is 2.42. The van der Waals surface area contributed by atoms with Crippen molar-refractivity contribution in [1.29, 1.82) is 0 Å². The fourth-order valence-corrected chi connectivity index (χ4v) is 3.71. The zero-order chi connectivity index (χ0) is 11.9. The van der Waals surface area contributed by atoms with Crippen molar-refractivity contribution in [2.75, 3.05) is 6.54 Å². The fourth-order valence-electron chi connectivity index (χ4n) is 3.71. The van der Waals surface area contributed by atoms with Crippen LogP contribution in [0.4, 0.5) is 0 Å². The number of fused-ring (bicyclic) bond motifs is 2. The second kappa shape index (κ2) is 4.11. The van der Waals surface area contributed by atoms with Gasteiger partial charge in [0, 0.05) is 12.1 Å². The molecule has 17 heavy (non-hydrogen) atoms. The van der Waals surface area contributed by atoms with Gasteiger partial charge in [-0.3, -0.25) is 0 Å². The molecule has 0 aromatic heterocycles. The summed E-state index contributed by atoms with van der Waals surface area (Å²) in [5.74, 6) is 1.60. The van der Waals surface area contributed by atoms with Gasteiger partial charge in [-0.05, 0) is 55.1 Å². The molecule has 4 N–H and O–H groups in total. The molecule has 0 bridgehead atoms. The molecule has 0 heterocycles. The van der Waals surface area contributed by atoms with Crippen LogP contribution in [-0.2, 0) is 12.8 Å². The molecule has 0 amide bonds. The Morgan fingerprint density at radius 2 is 1.76 bits per heavy atom. The lowest BCUT2D eigenvalue weighted by molar-refractivity contribution is 0.146. The van der Waals surface area contributed by atoms with E-state index in [0.29, 0.717) is 6.54 Å². The Morgan fingerprint density at radius 1 is 1.12 bits per heavy atom. The monoisotopic (exact) mass is 230 g/mol. The highest BCUT2D eigenvalue weighted by Gasteiger charge is 2.39. The summed E-state index contributed by atoms with van der Waals surface area (Å²) in [4.78, 5) is 0. The molecule has 1 aromatic rings. The lowest BCUT2D eigenvalue weighted by Gasteiger charge is -2.44. The van der Waals surface area contributed by atoms with Gasteiger partial charge in [0.05, 0.1) is 0 Å². The second-order valence-electron chi connectivity index (χ2n) is 6.01. The van der Waals surface area contributed by atoms with E-state index >= 15 is 0 Å². The second-order valence-corrected chi connectivity index (χ2v) is 6.01. The van der Waals surface area contributed by atoms with Crippen molar-refractivity contribution in [3.05, 3.63) is 35.4 Å². The Labute approximate surface area is 103 Å². The molecule has 2 heteroatoms. The van der Waals surface area contributed by atoms with Crippen molar-refractivity contribution in [1.82, 2.24) is 0 Å². The molecule has 0 radical (unpaired) electrons. The summed E-state index contributed by atoms with van der Waals surface area (Å²) in [5, 5.41) is 0. The van der Waals surface area contributed by atoms with E-state index in [-0.39, 0.29) is 5.54 Å². The average Bonchev–Trinajstić information content (AvgIpc) is 2.36. The Bertz CT molecular complexity index is 415. The van der Waals surface area contributed by atoms with Crippen LogP contribution in [0.15, 0.2) is 24.3 Å². The van der Waals surface area contributed by atoms with Gasteiger partial charge >= 0.3 is 0 Å². The summed E-state index contributed by atoms with van der Waals surface area (Å²) in [6.45, 7) is 0.637. The first-order valence-corrected chi connectivity index (χ1v) is 6.76. The highest BCUT2D eigenvalue weighted by atomic mass is 14.8. The van der Waals surface area contributed by atoms with Gasteiger partial charge in [-0.1, -0.05) is 24.3 Å². The van der Waals surface area contributed by atoms with Crippen LogP contribution in [0.2, 0.25) is 0 Å². The van der Waals surface area contributed by atoms with Crippen LogP contribution in [0.1, 0.15) is 30.4 Å². The quantitative estimate of drug-likeness (QED) is 0.773. The number of benzene rings is 1. The minimum Gasteiger partial charge on any atom is -0.329 e. The number of hydrogen-bond donors (Lipinski definition) is 2.